The summed E-state index contributed by atoms with van der Waals surface area (Å²) in [5, 5.41) is 16.1. The maximum atomic E-state index is 13.7. The number of rotatable bonds is 8. The molecule has 0 radical (unpaired) electrons. The van der Waals surface area contributed by atoms with Crippen LogP contribution in [-0.2, 0) is 14.4 Å². The van der Waals surface area contributed by atoms with Crippen molar-refractivity contribution in [2.24, 2.45) is 17.8 Å². The van der Waals surface area contributed by atoms with Crippen molar-refractivity contribution in [1.82, 2.24) is 20.5 Å². The molecule has 37 heavy (non-hydrogen) atoms. The molecule has 4 N–H and O–H groups in total. The Bertz CT molecular complexity index is 1250. The van der Waals surface area contributed by atoms with Gasteiger partial charge in [-0.05, 0) is 55.7 Å². The first-order valence-corrected chi connectivity index (χ1v) is 13.1. The Morgan fingerprint density at radius 2 is 2.08 bits per heavy atom. The first-order chi connectivity index (χ1) is 17.8. The fourth-order valence-electron chi connectivity index (χ4n) is 6.25. The Morgan fingerprint density at radius 1 is 1.27 bits per heavy atom. The third kappa shape index (κ3) is 4.68. The number of methoxy groups -OCH3 is 1. The molecule has 2 aliphatic heterocycles. The number of carbonyl (C=O) groups excluding carboxylic acids is 4. The number of aromatic amines is 1. The maximum absolute atomic E-state index is 13.7. The van der Waals surface area contributed by atoms with Crippen LogP contribution in [0.5, 0.6) is 5.75 Å². The molecule has 3 heterocycles. The number of halogens is 1. The molecule has 0 bridgehead atoms. The van der Waals surface area contributed by atoms with Crippen molar-refractivity contribution in [2.75, 3.05) is 26.8 Å². The van der Waals surface area contributed by atoms with Gasteiger partial charge in [-0.15, -0.1) is 0 Å². The molecule has 2 saturated heterocycles. The van der Waals surface area contributed by atoms with Gasteiger partial charge in [-0.2, -0.15) is 0 Å². The zero-order valence-electron chi connectivity index (χ0n) is 20.6. The molecule has 3 aliphatic rings. The van der Waals surface area contributed by atoms with E-state index in [1.807, 2.05) is 0 Å². The van der Waals surface area contributed by atoms with Crippen molar-refractivity contribution in [3.05, 3.63) is 28.9 Å². The second-order valence-corrected chi connectivity index (χ2v) is 10.6. The van der Waals surface area contributed by atoms with Crippen LogP contribution in [0, 0.1) is 17.8 Å². The van der Waals surface area contributed by atoms with Crippen LogP contribution in [0.25, 0.3) is 10.9 Å². The molecule has 3 fully saturated rings. The van der Waals surface area contributed by atoms with Gasteiger partial charge in [0.25, 0.3) is 5.91 Å². The van der Waals surface area contributed by atoms with Gasteiger partial charge in [0.05, 0.1) is 23.7 Å². The number of ether oxygens (including phenoxy) is 1. The lowest BCUT2D eigenvalue weighted by Gasteiger charge is -2.29. The van der Waals surface area contributed by atoms with E-state index < -0.39 is 36.3 Å². The van der Waals surface area contributed by atoms with Crippen LogP contribution in [0.1, 0.15) is 42.6 Å². The Labute approximate surface area is 219 Å². The molecule has 2 aromatic rings. The summed E-state index contributed by atoms with van der Waals surface area (Å²) in [6.45, 7) is 0.215. The average molecular weight is 531 g/mol. The summed E-state index contributed by atoms with van der Waals surface area (Å²) in [7, 11) is 1.54. The molecule has 5 rings (SSSR count). The van der Waals surface area contributed by atoms with Gasteiger partial charge >= 0.3 is 0 Å². The fourth-order valence-corrected chi connectivity index (χ4v) is 6.46. The number of aliphatic hydroxyl groups excluding tert-OH is 1. The summed E-state index contributed by atoms with van der Waals surface area (Å²) in [6, 6.07) is 3.34. The summed E-state index contributed by atoms with van der Waals surface area (Å²) in [5.41, 5.74) is 0.873. The second-order valence-electron chi connectivity index (χ2n) is 10.2. The minimum atomic E-state index is -1.00. The molecule has 5 atom stereocenters. The number of hydrogen-bond donors (Lipinski definition) is 4. The molecular weight excluding hydrogens is 500 g/mol. The zero-order valence-corrected chi connectivity index (χ0v) is 21.3. The quantitative estimate of drug-likeness (QED) is 0.409. The normalized spacial score (nSPS) is 25.7. The van der Waals surface area contributed by atoms with Gasteiger partial charge in [0, 0.05) is 24.4 Å². The van der Waals surface area contributed by atoms with Gasteiger partial charge in [-0.1, -0.05) is 18.0 Å². The highest BCUT2D eigenvalue weighted by Gasteiger charge is 2.50. The van der Waals surface area contributed by atoms with Crippen molar-refractivity contribution in [3.63, 3.8) is 0 Å². The maximum Gasteiger partial charge on any atom is 0.271 e. The lowest BCUT2D eigenvalue weighted by atomic mass is 9.92. The highest BCUT2D eigenvalue weighted by Crippen LogP contribution is 2.43. The third-order valence-electron chi connectivity index (χ3n) is 8.12. The number of H-pyrrole nitrogens is 1. The van der Waals surface area contributed by atoms with Crippen LogP contribution in [0.15, 0.2) is 18.2 Å². The van der Waals surface area contributed by atoms with Gasteiger partial charge in [0.1, 0.15) is 24.1 Å². The smallest absolute Gasteiger partial charge is 0.271 e. The van der Waals surface area contributed by atoms with E-state index in [9.17, 15) is 24.3 Å². The second kappa shape index (κ2) is 10.3. The number of Topliss-reactive ketones (excluding diaryl/α,β-unsaturated/α-hetero) is 1. The van der Waals surface area contributed by atoms with E-state index in [4.69, 9.17) is 16.3 Å². The van der Waals surface area contributed by atoms with Crippen molar-refractivity contribution >= 4 is 46.0 Å². The van der Waals surface area contributed by atoms with Crippen molar-refractivity contribution in [2.45, 2.75) is 44.2 Å². The number of hydrogen-bond acceptors (Lipinski definition) is 6. The van der Waals surface area contributed by atoms with E-state index in [0.29, 0.717) is 46.9 Å². The number of fused-ring (bicyclic) bond motifs is 2. The number of ketones is 1. The molecule has 198 valence electrons. The Balaban J connectivity index is 1.41. The number of aliphatic hydroxyl groups is 1. The summed E-state index contributed by atoms with van der Waals surface area (Å²) in [6.07, 6.45) is 3.39. The van der Waals surface area contributed by atoms with Gasteiger partial charge in [-0.3, -0.25) is 19.2 Å². The highest BCUT2D eigenvalue weighted by atomic mass is 35.5. The number of nitrogens with zero attached hydrogens (tertiary/aromatic N) is 1. The number of carbonyl (C=O) groups is 4. The fraction of sp³-hybridized carbons (Fsp3) is 0.538. The SMILES string of the molecule is COc1ccc(Cl)c2[nH]c(C(=O)N3C[C@@H]4CCC[C@@H]4[C@H]3C(=O)N[C@@H](C[C@@H]3CCNC3=O)C(=O)CO)cc12. The van der Waals surface area contributed by atoms with Gasteiger partial charge in [0.2, 0.25) is 11.8 Å². The average Bonchev–Trinajstić information content (AvgIpc) is 3.67. The van der Waals surface area contributed by atoms with Crippen LogP contribution in [-0.4, -0.2) is 77.4 Å². The monoisotopic (exact) mass is 530 g/mol. The number of likely N-dealkylation sites (tertiary alicyclic amines) is 1. The Hall–Kier alpha value is -3.11. The molecule has 0 spiro atoms. The summed E-state index contributed by atoms with van der Waals surface area (Å²) >= 11 is 6.34. The van der Waals surface area contributed by atoms with Gasteiger partial charge < -0.3 is 30.4 Å². The molecule has 3 amide bonds. The standard InChI is InChI=1S/C26H31ClN4O6/c1-37-21-6-5-17(27)22-16(21)10-19(29-22)26(36)31-11-14-3-2-4-15(14)23(31)25(35)30-18(20(33)12-32)9-13-7-8-28-24(13)34/h5-6,10,13-15,18,23,29,32H,2-4,7-9,11-12H2,1H3,(H,28,34)(H,30,35)/t13-,14-,15-,18-,23-/m0/s1. The summed E-state index contributed by atoms with van der Waals surface area (Å²) < 4.78 is 5.41. The minimum absolute atomic E-state index is 0.0221. The van der Waals surface area contributed by atoms with Crippen LogP contribution >= 0.6 is 11.6 Å². The number of benzene rings is 1. The van der Waals surface area contributed by atoms with Crippen LogP contribution < -0.4 is 15.4 Å². The Kier molecular flexibility index (Phi) is 7.13. The van der Waals surface area contributed by atoms with Crippen LogP contribution in [0.4, 0.5) is 0 Å². The topological polar surface area (TPSA) is 141 Å². The van der Waals surface area contributed by atoms with E-state index in [-0.39, 0.29) is 30.1 Å². The number of nitrogens with one attached hydrogen (secondary N) is 3. The lowest BCUT2D eigenvalue weighted by Crippen LogP contribution is -2.53. The van der Waals surface area contributed by atoms with E-state index in [2.05, 4.69) is 15.6 Å². The summed E-state index contributed by atoms with van der Waals surface area (Å²) in [5.74, 6) is -1.14. The molecule has 10 nitrogen and oxygen atoms in total. The molecule has 0 unspecified atom stereocenters. The predicted molar refractivity (Wildman–Crippen MR) is 135 cm³/mol. The zero-order chi connectivity index (χ0) is 26.3. The lowest BCUT2D eigenvalue weighted by molar-refractivity contribution is -0.133. The predicted octanol–water partition coefficient (Wildman–Crippen LogP) is 1.64. The first kappa shape index (κ1) is 25.5. The van der Waals surface area contributed by atoms with Crippen molar-refractivity contribution < 1.29 is 29.0 Å². The first-order valence-electron chi connectivity index (χ1n) is 12.7. The van der Waals surface area contributed by atoms with E-state index in [1.165, 1.54) is 0 Å². The Morgan fingerprint density at radius 3 is 2.78 bits per heavy atom. The number of amides is 3. The molecule has 1 aromatic heterocycles. The van der Waals surface area contributed by atoms with Crippen LogP contribution in [0.2, 0.25) is 5.02 Å². The highest BCUT2D eigenvalue weighted by molar-refractivity contribution is 6.35. The van der Waals surface area contributed by atoms with Crippen molar-refractivity contribution in [1.29, 1.82) is 0 Å². The number of aromatic nitrogens is 1. The van der Waals surface area contributed by atoms with Gasteiger partial charge in [0.15, 0.2) is 5.78 Å². The van der Waals surface area contributed by atoms with Gasteiger partial charge in [-0.25, -0.2) is 0 Å². The minimum Gasteiger partial charge on any atom is -0.496 e. The van der Waals surface area contributed by atoms with E-state index in [1.54, 1.807) is 30.2 Å². The largest absolute Gasteiger partial charge is 0.496 e. The van der Waals surface area contributed by atoms with E-state index >= 15 is 0 Å². The molecule has 1 saturated carbocycles. The van der Waals surface area contributed by atoms with E-state index in [0.717, 1.165) is 19.3 Å². The molecule has 1 aromatic carbocycles. The molecular formula is C26H31ClN4O6. The van der Waals surface area contributed by atoms with Crippen LogP contribution in [0.3, 0.4) is 0 Å². The molecule has 11 heteroatoms. The summed E-state index contributed by atoms with van der Waals surface area (Å²) in [4.78, 5) is 56.7. The third-order valence-corrected chi connectivity index (χ3v) is 8.43. The van der Waals surface area contributed by atoms with Crippen molar-refractivity contribution in [3.8, 4) is 5.75 Å². The molecule has 1 aliphatic carbocycles.